The average molecular weight is 412 g/mol. The van der Waals surface area contributed by atoms with Crippen molar-refractivity contribution in [2.45, 2.75) is 26.9 Å². The monoisotopic (exact) mass is 412 g/mol. The minimum atomic E-state index is -0.955. The molecule has 0 fully saturated rings. The van der Waals surface area contributed by atoms with Gasteiger partial charge < -0.3 is 24.8 Å². The van der Waals surface area contributed by atoms with Crippen LogP contribution in [0.15, 0.2) is 36.4 Å². The molecular formula is C22H24N2O6. The third-order valence-corrected chi connectivity index (χ3v) is 4.50. The topological polar surface area (TPSA) is 103 Å². The summed E-state index contributed by atoms with van der Waals surface area (Å²) in [4.78, 5) is 36.2. The fourth-order valence-electron chi connectivity index (χ4n) is 3.16. The molecule has 0 saturated heterocycles. The van der Waals surface area contributed by atoms with Crippen LogP contribution >= 0.6 is 0 Å². The molecule has 158 valence electrons. The molecule has 0 radical (unpaired) electrons. The van der Waals surface area contributed by atoms with Gasteiger partial charge in [-0.05, 0) is 44.0 Å². The molecule has 8 heteroatoms. The smallest absolute Gasteiger partial charge is 0.351 e. The van der Waals surface area contributed by atoms with Gasteiger partial charge in [0.2, 0.25) is 12.0 Å². The van der Waals surface area contributed by atoms with E-state index in [2.05, 4.69) is 10.6 Å². The van der Waals surface area contributed by atoms with Gasteiger partial charge in [-0.15, -0.1) is 0 Å². The first-order valence-electron chi connectivity index (χ1n) is 9.53. The Morgan fingerprint density at radius 3 is 2.40 bits per heavy atom. The minimum absolute atomic E-state index is 0.00484. The van der Waals surface area contributed by atoms with Crippen LogP contribution in [0.2, 0.25) is 0 Å². The summed E-state index contributed by atoms with van der Waals surface area (Å²) in [5, 5.41) is 5.22. The predicted molar refractivity (Wildman–Crippen MR) is 110 cm³/mol. The number of nitrogens with one attached hydrogen (secondary N) is 2. The number of carbonyl (C=O) groups excluding carboxylic acids is 3. The van der Waals surface area contributed by atoms with Gasteiger partial charge in [-0.25, -0.2) is 4.79 Å². The first kappa shape index (κ1) is 21.2. The third-order valence-electron chi connectivity index (χ3n) is 4.50. The van der Waals surface area contributed by atoms with Gasteiger partial charge in [-0.1, -0.05) is 29.8 Å². The first-order chi connectivity index (χ1) is 14.3. The van der Waals surface area contributed by atoms with Crippen LogP contribution in [0.1, 0.15) is 16.7 Å². The van der Waals surface area contributed by atoms with Gasteiger partial charge in [-0.2, -0.15) is 0 Å². The summed E-state index contributed by atoms with van der Waals surface area (Å²) in [6.45, 7) is 5.04. The fraction of sp³-hybridized carbons (Fsp3) is 0.318. The summed E-state index contributed by atoms with van der Waals surface area (Å²) in [7, 11) is 0. The Kier molecular flexibility index (Phi) is 6.56. The number of rotatable bonds is 6. The van der Waals surface area contributed by atoms with Crippen LogP contribution < -0.4 is 20.1 Å². The molecule has 2 aromatic rings. The molecule has 0 saturated carbocycles. The lowest BCUT2D eigenvalue weighted by Crippen LogP contribution is -2.40. The number of para-hydroxylation sites is 2. The summed E-state index contributed by atoms with van der Waals surface area (Å²) in [6, 6.07) is 10.9. The summed E-state index contributed by atoms with van der Waals surface area (Å²) in [6.07, 6.45) is -0.955. The van der Waals surface area contributed by atoms with Gasteiger partial charge >= 0.3 is 5.97 Å². The molecule has 3 rings (SSSR count). The van der Waals surface area contributed by atoms with Gasteiger partial charge in [0.05, 0.1) is 6.54 Å². The predicted octanol–water partition coefficient (Wildman–Crippen LogP) is 2.05. The molecule has 30 heavy (non-hydrogen) atoms. The van der Waals surface area contributed by atoms with Crippen LogP contribution in [0.25, 0.3) is 0 Å². The van der Waals surface area contributed by atoms with Gasteiger partial charge in [0.15, 0.2) is 18.1 Å². The standard InChI is InChI=1S/C22H24N2O6/c1-13-8-14(2)21(15(3)9-13)24-19(25)10-23-20(26)12-29-22(27)18-11-28-16-6-4-5-7-17(16)30-18/h4-9,18H,10-12H2,1-3H3,(H,23,26)(H,24,25)/t18-/m0/s1. The number of fused-ring (bicyclic) bond motifs is 1. The number of hydrogen-bond acceptors (Lipinski definition) is 6. The maximum absolute atomic E-state index is 12.1. The van der Waals surface area contributed by atoms with E-state index in [4.69, 9.17) is 14.2 Å². The van der Waals surface area contributed by atoms with E-state index in [0.29, 0.717) is 11.5 Å². The molecule has 1 heterocycles. The van der Waals surface area contributed by atoms with E-state index in [0.717, 1.165) is 22.4 Å². The van der Waals surface area contributed by atoms with E-state index >= 15 is 0 Å². The van der Waals surface area contributed by atoms with E-state index in [1.165, 1.54) is 0 Å². The highest BCUT2D eigenvalue weighted by atomic mass is 16.6. The van der Waals surface area contributed by atoms with Gasteiger partial charge in [0.1, 0.15) is 6.61 Å². The molecule has 2 N–H and O–H groups in total. The second-order valence-corrected chi connectivity index (χ2v) is 7.07. The Hall–Kier alpha value is -3.55. The normalized spacial score (nSPS) is 14.6. The number of hydrogen-bond donors (Lipinski definition) is 2. The summed E-state index contributed by atoms with van der Waals surface area (Å²) in [5.41, 5.74) is 3.71. The van der Waals surface area contributed by atoms with Crippen molar-refractivity contribution >= 4 is 23.5 Å². The molecule has 0 unspecified atom stereocenters. The van der Waals surface area contributed by atoms with Crippen molar-refractivity contribution in [3.63, 3.8) is 0 Å². The van der Waals surface area contributed by atoms with Gasteiger partial charge in [0, 0.05) is 5.69 Å². The van der Waals surface area contributed by atoms with Crippen molar-refractivity contribution < 1.29 is 28.6 Å². The van der Waals surface area contributed by atoms with Crippen LogP contribution in [-0.4, -0.2) is 43.6 Å². The molecule has 2 aromatic carbocycles. The number of aryl methyl sites for hydroxylation is 3. The number of esters is 1. The number of amides is 2. The van der Waals surface area contributed by atoms with E-state index < -0.39 is 24.6 Å². The van der Waals surface area contributed by atoms with Gasteiger partial charge in [-0.3, -0.25) is 9.59 Å². The van der Waals surface area contributed by atoms with Crippen LogP contribution in [0, 0.1) is 20.8 Å². The second-order valence-electron chi connectivity index (χ2n) is 7.07. The van der Waals surface area contributed by atoms with E-state index in [-0.39, 0.29) is 19.1 Å². The Morgan fingerprint density at radius 2 is 1.70 bits per heavy atom. The van der Waals surface area contributed by atoms with Crippen molar-refractivity contribution in [1.82, 2.24) is 5.32 Å². The molecule has 0 spiro atoms. The van der Waals surface area contributed by atoms with Gasteiger partial charge in [0.25, 0.3) is 5.91 Å². The Balaban J connectivity index is 1.42. The molecule has 0 bridgehead atoms. The van der Waals surface area contributed by atoms with E-state index in [1.54, 1.807) is 24.3 Å². The molecule has 2 amide bonds. The van der Waals surface area contributed by atoms with Crippen molar-refractivity contribution in [3.05, 3.63) is 53.1 Å². The first-order valence-corrected chi connectivity index (χ1v) is 9.53. The Morgan fingerprint density at radius 1 is 1.03 bits per heavy atom. The average Bonchev–Trinajstić information content (AvgIpc) is 2.72. The number of benzene rings is 2. The quantitative estimate of drug-likeness (QED) is 0.704. The molecule has 0 aromatic heterocycles. The zero-order valence-corrected chi connectivity index (χ0v) is 17.1. The maximum Gasteiger partial charge on any atom is 0.351 e. The van der Waals surface area contributed by atoms with Crippen molar-refractivity contribution in [2.75, 3.05) is 25.1 Å². The SMILES string of the molecule is Cc1cc(C)c(NC(=O)CNC(=O)COC(=O)[C@@H]2COc3ccccc3O2)c(C)c1. The van der Waals surface area contributed by atoms with E-state index in [9.17, 15) is 14.4 Å². The van der Waals surface area contributed by atoms with E-state index in [1.807, 2.05) is 32.9 Å². The molecule has 0 aliphatic carbocycles. The van der Waals surface area contributed by atoms with Crippen molar-refractivity contribution in [3.8, 4) is 11.5 Å². The fourth-order valence-corrected chi connectivity index (χ4v) is 3.16. The van der Waals surface area contributed by atoms with Crippen molar-refractivity contribution in [2.24, 2.45) is 0 Å². The Bertz CT molecular complexity index is 949. The molecule has 1 atom stereocenters. The molecule has 1 aliphatic rings. The Labute approximate surface area is 174 Å². The summed E-state index contributed by atoms with van der Waals surface area (Å²) >= 11 is 0. The minimum Gasteiger partial charge on any atom is -0.485 e. The zero-order valence-electron chi connectivity index (χ0n) is 17.1. The van der Waals surface area contributed by atoms with Crippen LogP contribution in [0.4, 0.5) is 5.69 Å². The largest absolute Gasteiger partial charge is 0.485 e. The summed E-state index contributed by atoms with van der Waals surface area (Å²) in [5.74, 6) is -0.689. The van der Waals surface area contributed by atoms with Crippen molar-refractivity contribution in [1.29, 1.82) is 0 Å². The molecule has 1 aliphatic heterocycles. The highest BCUT2D eigenvalue weighted by Gasteiger charge is 2.29. The van der Waals surface area contributed by atoms with Crippen LogP contribution in [-0.2, 0) is 19.1 Å². The molecular weight excluding hydrogens is 388 g/mol. The lowest BCUT2D eigenvalue weighted by atomic mass is 10.1. The van der Waals surface area contributed by atoms with Crippen LogP contribution in [0.5, 0.6) is 11.5 Å². The van der Waals surface area contributed by atoms with Crippen LogP contribution in [0.3, 0.4) is 0 Å². The maximum atomic E-state index is 12.1. The number of carbonyl (C=O) groups is 3. The lowest BCUT2D eigenvalue weighted by Gasteiger charge is -2.24. The molecule has 8 nitrogen and oxygen atoms in total. The number of anilines is 1. The second kappa shape index (κ2) is 9.30. The number of ether oxygens (including phenoxy) is 3. The zero-order chi connectivity index (χ0) is 21.7. The highest BCUT2D eigenvalue weighted by molar-refractivity contribution is 5.96. The highest BCUT2D eigenvalue weighted by Crippen LogP contribution is 2.31. The lowest BCUT2D eigenvalue weighted by molar-refractivity contribution is -0.157. The summed E-state index contributed by atoms with van der Waals surface area (Å²) < 4.78 is 15.9. The third kappa shape index (κ3) is 5.28.